The van der Waals surface area contributed by atoms with Gasteiger partial charge >= 0.3 is 0 Å². The summed E-state index contributed by atoms with van der Waals surface area (Å²) in [5.74, 6) is 2.56. The number of benzene rings is 8. The molecule has 0 unspecified atom stereocenters. The minimum Gasteiger partial charge on any atom is -0.309 e. The van der Waals surface area contributed by atoms with Crippen LogP contribution in [0.1, 0.15) is 0 Å². The summed E-state index contributed by atoms with van der Waals surface area (Å²) in [5.41, 5.74) is 9.07. The first-order valence-electron chi connectivity index (χ1n) is 20.7. The molecule has 12 aromatic rings. The molecule has 4 aromatic heterocycles. The number of fused-ring (bicyclic) bond motifs is 6. The van der Waals surface area contributed by atoms with Crippen LogP contribution in [0.25, 0.3) is 104 Å². The number of hydrogen-bond donors (Lipinski definition) is 0. The molecule has 0 aliphatic carbocycles. The minimum atomic E-state index is 0.619. The van der Waals surface area contributed by atoms with E-state index >= 15 is 0 Å². The molecule has 8 heteroatoms. The van der Waals surface area contributed by atoms with Gasteiger partial charge < -0.3 is 4.57 Å². The Morgan fingerprint density at radius 3 is 1.70 bits per heavy atom. The highest BCUT2D eigenvalue weighted by atomic mass is 32.2. The summed E-state index contributed by atoms with van der Waals surface area (Å²) in [6.45, 7) is 0. The lowest BCUT2D eigenvalue weighted by molar-refractivity contribution is 1.07. The molecule has 63 heavy (non-hydrogen) atoms. The van der Waals surface area contributed by atoms with Crippen molar-refractivity contribution in [3.63, 3.8) is 0 Å². The molecule has 0 aliphatic rings. The van der Waals surface area contributed by atoms with Crippen molar-refractivity contribution in [2.45, 2.75) is 9.79 Å². The first-order chi connectivity index (χ1) is 31.2. The smallest absolute Gasteiger partial charge is 0.164 e. The summed E-state index contributed by atoms with van der Waals surface area (Å²) in [7, 11) is 0. The Bertz CT molecular complexity index is 3650. The fraction of sp³-hybridized carbons (Fsp3) is 0. The number of thiophene rings is 1. The molecule has 0 N–H and O–H groups in total. The average Bonchev–Trinajstić information content (AvgIpc) is 3.89. The van der Waals surface area contributed by atoms with Gasteiger partial charge in [0.2, 0.25) is 0 Å². The maximum absolute atomic E-state index is 5.21. The van der Waals surface area contributed by atoms with E-state index in [9.17, 15) is 0 Å². The van der Waals surface area contributed by atoms with Crippen molar-refractivity contribution in [3.8, 4) is 62.5 Å². The van der Waals surface area contributed by atoms with Crippen LogP contribution < -0.4 is 0 Å². The standard InChI is InChI=1S/C55H34N6S2/c1-5-15-35(16-6-1)51-50(62-41-21-11-4-12-22-41)34-56-52(57-51)39-26-29-44-45-31-37(27-30-48(45)63-49(44)33-39)54-58-53(36-17-7-2-8-18-36)59-55(60-54)38-25-28-43-42-23-13-14-24-46(42)61(47(43)32-38)40-19-9-3-10-20-40/h1-34H. The Kier molecular flexibility index (Phi) is 9.17. The Labute approximate surface area is 371 Å². The first-order valence-corrected chi connectivity index (χ1v) is 22.4. The van der Waals surface area contributed by atoms with Gasteiger partial charge in [0.15, 0.2) is 23.3 Å². The zero-order valence-electron chi connectivity index (χ0n) is 33.6. The lowest BCUT2D eigenvalue weighted by Gasteiger charge is -2.11. The molecule has 4 heterocycles. The van der Waals surface area contributed by atoms with Gasteiger partial charge in [-0.2, -0.15) is 0 Å². The third kappa shape index (κ3) is 6.82. The molecule has 0 aliphatic heterocycles. The van der Waals surface area contributed by atoms with Crippen molar-refractivity contribution < 1.29 is 0 Å². The second-order valence-corrected chi connectivity index (χ2v) is 17.5. The van der Waals surface area contributed by atoms with E-state index in [2.05, 4.69) is 174 Å². The predicted octanol–water partition coefficient (Wildman–Crippen LogP) is 14.6. The van der Waals surface area contributed by atoms with Gasteiger partial charge in [-0.3, -0.25) is 0 Å². The fourth-order valence-corrected chi connectivity index (χ4v) is 10.4. The van der Waals surface area contributed by atoms with Crippen molar-refractivity contribution >= 4 is 65.1 Å². The van der Waals surface area contributed by atoms with Crippen LogP contribution in [-0.2, 0) is 0 Å². The summed E-state index contributed by atoms with van der Waals surface area (Å²) in [4.78, 5) is 27.7. The second-order valence-electron chi connectivity index (χ2n) is 15.3. The van der Waals surface area contributed by atoms with Crippen LogP contribution in [0.4, 0.5) is 0 Å². The predicted molar refractivity (Wildman–Crippen MR) is 260 cm³/mol. The van der Waals surface area contributed by atoms with Crippen LogP contribution >= 0.6 is 23.1 Å². The van der Waals surface area contributed by atoms with E-state index in [4.69, 9.17) is 24.9 Å². The van der Waals surface area contributed by atoms with Crippen LogP contribution in [0, 0.1) is 0 Å². The molecule has 6 nitrogen and oxygen atoms in total. The summed E-state index contributed by atoms with van der Waals surface area (Å²) < 4.78 is 4.67. The largest absolute Gasteiger partial charge is 0.309 e. The quantitative estimate of drug-likeness (QED) is 0.152. The minimum absolute atomic E-state index is 0.619. The molecule has 0 radical (unpaired) electrons. The molecular formula is C55H34N6S2. The molecular weight excluding hydrogens is 809 g/mol. The highest BCUT2D eigenvalue weighted by Crippen LogP contribution is 2.40. The Hall–Kier alpha value is -7.78. The molecule has 12 rings (SSSR count). The number of rotatable bonds is 8. The van der Waals surface area contributed by atoms with Crippen molar-refractivity contribution in [2.24, 2.45) is 0 Å². The van der Waals surface area contributed by atoms with Crippen LogP contribution in [0.3, 0.4) is 0 Å². The van der Waals surface area contributed by atoms with Crippen LogP contribution in [0.15, 0.2) is 216 Å². The molecule has 0 atom stereocenters. The van der Waals surface area contributed by atoms with Crippen molar-refractivity contribution in [2.75, 3.05) is 0 Å². The zero-order chi connectivity index (χ0) is 41.7. The molecule has 296 valence electrons. The monoisotopic (exact) mass is 842 g/mol. The molecule has 0 fully saturated rings. The number of hydrogen-bond acceptors (Lipinski definition) is 7. The molecule has 0 saturated carbocycles. The second kappa shape index (κ2) is 15.6. The van der Waals surface area contributed by atoms with E-state index in [1.807, 2.05) is 36.5 Å². The van der Waals surface area contributed by atoms with Gasteiger partial charge in [0.1, 0.15) is 0 Å². The molecule has 0 saturated heterocycles. The first kappa shape index (κ1) is 37.0. The Morgan fingerprint density at radius 1 is 0.381 bits per heavy atom. The SMILES string of the molecule is c1ccc(Sc2cnc(-c3ccc4c(c3)sc3ccc(-c5nc(-c6ccccc6)nc(-c6ccc7c8ccccc8n(-c8ccccc8)c7c6)n5)cc34)nc2-c2ccccc2)cc1. The summed E-state index contributed by atoms with van der Waals surface area (Å²) >= 11 is 3.45. The Morgan fingerprint density at radius 2 is 0.952 bits per heavy atom. The van der Waals surface area contributed by atoms with E-state index in [0.717, 1.165) is 75.5 Å². The molecule has 0 bridgehead atoms. The summed E-state index contributed by atoms with van der Waals surface area (Å²) in [6.07, 6.45) is 1.96. The van der Waals surface area contributed by atoms with Gasteiger partial charge in [-0.05, 0) is 60.7 Å². The van der Waals surface area contributed by atoms with Crippen LogP contribution in [0.2, 0.25) is 0 Å². The van der Waals surface area contributed by atoms with Gasteiger partial charge in [0, 0.05) is 75.5 Å². The molecule has 0 spiro atoms. The van der Waals surface area contributed by atoms with Crippen molar-refractivity contribution in [1.82, 2.24) is 29.5 Å². The van der Waals surface area contributed by atoms with Crippen molar-refractivity contribution in [3.05, 3.63) is 206 Å². The zero-order valence-corrected chi connectivity index (χ0v) is 35.3. The third-order valence-electron chi connectivity index (χ3n) is 11.4. The Balaban J connectivity index is 0.955. The van der Waals surface area contributed by atoms with Gasteiger partial charge in [-0.25, -0.2) is 24.9 Å². The van der Waals surface area contributed by atoms with Gasteiger partial charge in [0.25, 0.3) is 0 Å². The van der Waals surface area contributed by atoms with E-state index in [0.29, 0.717) is 23.3 Å². The highest BCUT2D eigenvalue weighted by Gasteiger charge is 2.19. The van der Waals surface area contributed by atoms with E-state index in [1.54, 1.807) is 23.1 Å². The number of para-hydroxylation sites is 2. The highest BCUT2D eigenvalue weighted by molar-refractivity contribution is 7.99. The average molecular weight is 843 g/mol. The normalized spacial score (nSPS) is 11.6. The maximum Gasteiger partial charge on any atom is 0.164 e. The number of nitrogens with zero attached hydrogens (tertiary/aromatic N) is 6. The van der Waals surface area contributed by atoms with Gasteiger partial charge in [-0.1, -0.05) is 151 Å². The van der Waals surface area contributed by atoms with Gasteiger partial charge in [0.05, 0.1) is 21.6 Å². The van der Waals surface area contributed by atoms with Crippen LogP contribution in [-0.4, -0.2) is 29.5 Å². The lowest BCUT2D eigenvalue weighted by Crippen LogP contribution is -2.00. The summed E-state index contributed by atoms with van der Waals surface area (Å²) in [5, 5.41) is 4.69. The van der Waals surface area contributed by atoms with Gasteiger partial charge in [-0.15, -0.1) is 11.3 Å². The summed E-state index contributed by atoms with van der Waals surface area (Å²) in [6, 6.07) is 69.6. The molecule has 8 aromatic carbocycles. The lowest BCUT2D eigenvalue weighted by atomic mass is 10.1. The number of aromatic nitrogens is 6. The van der Waals surface area contributed by atoms with Crippen molar-refractivity contribution in [1.29, 1.82) is 0 Å². The third-order valence-corrected chi connectivity index (χ3v) is 13.5. The topological polar surface area (TPSA) is 69.4 Å². The van der Waals surface area contributed by atoms with Crippen LogP contribution in [0.5, 0.6) is 0 Å². The van der Waals surface area contributed by atoms with E-state index in [-0.39, 0.29) is 0 Å². The maximum atomic E-state index is 5.21. The van der Waals surface area contributed by atoms with E-state index in [1.165, 1.54) is 15.5 Å². The molecule has 0 amide bonds. The fourth-order valence-electron chi connectivity index (χ4n) is 8.37. The van der Waals surface area contributed by atoms with E-state index < -0.39 is 0 Å².